The lowest BCUT2D eigenvalue weighted by atomic mass is 10.1. The summed E-state index contributed by atoms with van der Waals surface area (Å²) in [6.45, 7) is 2.32. The van der Waals surface area contributed by atoms with E-state index in [9.17, 15) is 9.18 Å². The molecule has 0 aliphatic rings. The Labute approximate surface area is 120 Å². The second-order valence-corrected chi connectivity index (χ2v) is 5.08. The number of hydrogen-bond donors (Lipinski definition) is 2. The quantitative estimate of drug-likeness (QED) is 0.672. The molecule has 0 heterocycles. The van der Waals surface area contributed by atoms with Crippen LogP contribution >= 0.6 is 0 Å². The molecule has 3 N–H and O–H groups in total. The second kappa shape index (κ2) is 9.48. The molecule has 0 spiro atoms. The Morgan fingerprint density at radius 2 is 1.90 bits per heavy atom. The van der Waals surface area contributed by atoms with Crippen LogP contribution in [0, 0.1) is 5.82 Å². The van der Waals surface area contributed by atoms with Gasteiger partial charge in [0.2, 0.25) is 5.91 Å². The largest absolute Gasteiger partial charge is 0.326 e. The van der Waals surface area contributed by atoms with Crippen molar-refractivity contribution in [2.24, 2.45) is 5.73 Å². The van der Waals surface area contributed by atoms with Gasteiger partial charge in [0.05, 0.1) is 0 Å². The number of unbranched alkanes of at least 4 members (excludes halogenated alkanes) is 5. The number of carbonyl (C=O) groups is 1. The Bertz CT molecular complexity index is 421. The minimum atomic E-state index is -0.332. The molecule has 0 saturated heterocycles. The van der Waals surface area contributed by atoms with Gasteiger partial charge in [-0.05, 0) is 24.6 Å². The highest BCUT2D eigenvalue weighted by atomic mass is 19.1. The number of carbonyl (C=O) groups excluding carboxylic acids is 1. The normalized spacial score (nSPS) is 10.6. The van der Waals surface area contributed by atoms with E-state index in [1.54, 1.807) is 12.1 Å². The summed E-state index contributed by atoms with van der Waals surface area (Å²) in [5, 5.41) is 2.78. The first-order valence-electron chi connectivity index (χ1n) is 7.45. The SMILES string of the molecule is CCCCCCCCC(=O)Nc1ccc(F)c(CN)c1. The fourth-order valence-corrected chi connectivity index (χ4v) is 2.10. The van der Waals surface area contributed by atoms with Crippen LogP contribution in [0.2, 0.25) is 0 Å². The van der Waals surface area contributed by atoms with E-state index in [1.165, 1.54) is 31.7 Å². The van der Waals surface area contributed by atoms with Crippen molar-refractivity contribution < 1.29 is 9.18 Å². The zero-order chi connectivity index (χ0) is 14.8. The van der Waals surface area contributed by atoms with Crippen LogP contribution in [0.5, 0.6) is 0 Å². The number of hydrogen-bond acceptors (Lipinski definition) is 2. The predicted octanol–water partition coefficient (Wildman–Crippen LogP) is 3.97. The Balaban J connectivity index is 2.28. The molecule has 1 amide bonds. The van der Waals surface area contributed by atoms with Crippen molar-refractivity contribution in [3.63, 3.8) is 0 Å². The Hall–Kier alpha value is -1.42. The summed E-state index contributed by atoms with van der Waals surface area (Å²) >= 11 is 0. The molecule has 0 atom stereocenters. The lowest BCUT2D eigenvalue weighted by Crippen LogP contribution is -2.12. The molecule has 0 saturated carbocycles. The zero-order valence-corrected chi connectivity index (χ0v) is 12.3. The maximum atomic E-state index is 13.3. The summed E-state index contributed by atoms with van der Waals surface area (Å²) in [5.74, 6) is -0.350. The smallest absolute Gasteiger partial charge is 0.224 e. The van der Waals surface area contributed by atoms with Crippen LogP contribution < -0.4 is 11.1 Å². The van der Waals surface area contributed by atoms with Gasteiger partial charge in [-0.2, -0.15) is 0 Å². The maximum Gasteiger partial charge on any atom is 0.224 e. The van der Waals surface area contributed by atoms with Gasteiger partial charge in [0, 0.05) is 24.2 Å². The van der Waals surface area contributed by atoms with Crippen molar-refractivity contribution in [1.82, 2.24) is 0 Å². The predicted molar refractivity (Wildman–Crippen MR) is 80.9 cm³/mol. The number of amides is 1. The third kappa shape index (κ3) is 6.15. The fourth-order valence-electron chi connectivity index (χ4n) is 2.10. The third-order valence-electron chi connectivity index (χ3n) is 3.31. The summed E-state index contributed by atoms with van der Waals surface area (Å²) in [4.78, 5) is 11.7. The molecule has 112 valence electrons. The highest BCUT2D eigenvalue weighted by Gasteiger charge is 2.05. The monoisotopic (exact) mass is 280 g/mol. The molecule has 3 nitrogen and oxygen atoms in total. The Morgan fingerprint density at radius 3 is 2.60 bits per heavy atom. The minimum Gasteiger partial charge on any atom is -0.326 e. The number of nitrogens with two attached hydrogens (primary N) is 1. The number of nitrogens with one attached hydrogen (secondary N) is 1. The van der Waals surface area contributed by atoms with E-state index in [2.05, 4.69) is 12.2 Å². The molecule has 0 radical (unpaired) electrons. The van der Waals surface area contributed by atoms with E-state index in [0.29, 0.717) is 17.7 Å². The minimum absolute atomic E-state index is 0.0185. The summed E-state index contributed by atoms with van der Waals surface area (Å²) in [6.07, 6.45) is 7.44. The van der Waals surface area contributed by atoms with Crippen LogP contribution in [0.25, 0.3) is 0 Å². The van der Waals surface area contributed by atoms with Crippen molar-refractivity contribution in [1.29, 1.82) is 0 Å². The number of anilines is 1. The highest BCUT2D eigenvalue weighted by Crippen LogP contribution is 2.15. The van der Waals surface area contributed by atoms with Gasteiger partial charge in [-0.3, -0.25) is 4.79 Å². The first kappa shape index (κ1) is 16.6. The van der Waals surface area contributed by atoms with Gasteiger partial charge in [-0.25, -0.2) is 4.39 Å². The van der Waals surface area contributed by atoms with E-state index >= 15 is 0 Å². The molecule has 0 aliphatic heterocycles. The summed E-state index contributed by atoms with van der Waals surface area (Å²) in [7, 11) is 0. The zero-order valence-electron chi connectivity index (χ0n) is 12.3. The first-order chi connectivity index (χ1) is 9.67. The first-order valence-corrected chi connectivity index (χ1v) is 7.45. The number of rotatable bonds is 9. The molecule has 1 rings (SSSR count). The molecule has 0 bridgehead atoms. The average molecular weight is 280 g/mol. The lowest BCUT2D eigenvalue weighted by Gasteiger charge is -2.07. The van der Waals surface area contributed by atoms with Crippen LogP contribution in [0.15, 0.2) is 18.2 Å². The van der Waals surface area contributed by atoms with Crippen LogP contribution in [0.3, 0.4) is 0 Å². The standard InChI is InChI=1S/C16H25FN2O/c1-2-3-4-5-6-7-8-16(20)19-14-9-10-15(17)13(11-14)12-18/h9-11H,2-8,12,18H2,1H3,(H,19,20). The average Bonchev–Trinajstić information content (AvgIpc) is 2.44. The van der Waals surface area contributed by atoms with Crippen molar-refractivity contribution >= 4 is 11.6 Å². The van der Waals surface area contributed by atoms with Crippen molar-refractivity contribution in [2.75, 3.05) is 5.32 Å². The van der Waals surface area contributed by atoms with Crippen molar-refractivity contribution in [3.05, 3.63) is 29.6 Å². The number of benzene rings is 1. The van der Waals surface area contributed by atoms with Crippen LogP contribution in [0.4, 0.5) is 10.1 Å². The molecule has 0 aromatic heterocycles. The van der Waals surface area contributed by atoms with Gasteiger partial charge in [0.25, 0.3) is 0 Å². The molecule has 4 heteroatoms. The molecular weight excluding hydrogens is 255 g/mol. The molecule has 0 aliphatic carbocycles. The van der Waals surface area contributed by atoms with Gasteiger partial charge in [0.15, 0.2) is 0 Å². The molecule has 0 unspecified atom stereocenters. The van der Waals surface area contributed by atoms with E-state index in [1.807, 2.05) is 0 Å². The Kier molecular flexibility index (Phi) is 7.88. The molecule has 1 aromatic carbocycles. The van der Waals surface area contributed by atoms with E-state index in [-0.39, 0.29) is 18.3 Å². The van der Waals surface area contributed by atoms with Gasteiger partial charge >= 0.3 is 0 Å². The maximum absolute atomic E-state index is 13.3. The molecule has 1 aromatic rings. The molecular formula is C16H25FN2O. The number of halogens is 1. The van der Waals surface area contributed by atoms with E-state index < -0.39 is 0 Å². The van der Waals surface area contributed by atoms with Gasteiger partial charge in [-0.1, -0.05) is 39.0 Å². The summed E-state index contributed by atoms with van der Waals surface area (Å²) in [6, 6.07) is 4.49. The van der Waals surface area contributed by atoms with Crippen LogP contribution in [-0.4, -0.2) is 5.91 Å². The topological polar surface area (TPSA) is 55.1 Å². The van der Waals surface area contributed by atoms with Crippen molar-refractivity contribution in [3.8, 4) is 0 Å². The Morgan fingerprint density at radius 1 is 1.20 bits per heavy atom. The van der Waals surface area contributed by atoms with E-state index in [4.69, 9.17) is 5.73 Å². The highest BCUT2D eigenvalue weighted by molar-refractivity contribution is 5.90. The summed E-state index contributed by atoms with van der Waals surface area (Å²) < 4.78 is 13.3. The van der Waals surface area contributed by atoms with E-state index in [0.717, 1.165) is 12.8 Å². The molecule has 0 fully saturated rings. The second-order valence-electron chi connectivity index (χ2n) is 5.08. The van der Waals surface area contributed by atoms with Gasteiger partial charge < -0.3 is 11.1 Å². The van der Waals surface area contributed by atoms with Gasteiger partial charge in [-0.15, -0.1) is 0 Å². The third-order valence-corrected chi connectivity index (χ3v) is 3.31. The van der Waals surface area contributed by atoms with Gasteiger partial charge in [0.1, 0.15) is 5.82 Å². The van der Waals surface area contributed by atoms with Crippen LogP contribution in [-0.2, 0) is 11.3 Å². The van der Waals surface area contributed by atoms with Crippen LogP contribution in [0.1, 0.15) is 57.4 Å². The fraction of sp³-hybridized carbons (Fsp3) is 0.562. The summed E-state index contributed by atoms with van der Waals surface area (Å²) in [5.41, 5.74) is 6.47. The lowest BCUT2D eigenvalue weighted by molar-refractivity contribution is -0.116. The molecule has 20 heavy (non-hydrogen) atoms. The van der Waals surface area contributed by atoms with Crippen molar-refractivity contribution in [2.45, 2.75) is 58.4 Å².